The molecule has 2 fully saturated rings. The van der Waals surface area contributed by atoms with Crippen LogP contribution < -0.4 is 5.73 Å². The van der Waals surface area contributed by atoms with Gasteiger partial charge in [-0.25, -0.2) is 17.2 Å². The Hall–Kier alpha value is -1.89. The second-order valence-corrected chi connectivity index (χ2v) is 10.2. The van der Waals surface area contributed by atoms with E-state index >= 15 is 0 Å². The first-order chi connectivity index (χ1) is 14.3. The topological polar surface area (TPSA) is 85.0 Å². The molecule has 0 aromatic heterocycles. The fraction of sp³-hybridized carbons (Fsp3) is 0.526. The van der Waals surface area contributed by atoms with Gasteiger partial charge in [0.1, 0.15) is 17.7 Å². The van der Waals surface area contributed by atoms with Crippen LogP contribution in [0.15, 0.2) is 34.8 Å². The minimum absolute atomic E-state index is 0.0180. The van der Waals surface area contributed by atoms with E-state index < -0.39 is 57.3 Å². The number of fused-ring (bicyclic) bond motifs is 1. The predicted octanol–water partition coefficient (Wildman–Crippen LogP) is 2.12. The summed E-state index contributed by atoms with van der Waals surface area (Å²) in [7, 11) is -3.45. The van der Waals surface area contributed by atoms with E-state index in [1.165, 1.54) is 11.0 Å². The number of nitrogens with two attached hydrogens (primary N) is 1. The highest BCUT2D eigenvalue weighted by Gasteiger charge is 2.54. The maximum Gasteiger partial charge on any atom is 0.416 e. The molecule has 1 aromatic carbocycles. The number of ether oxygens (including phenoxy) is 1. The molecule has 1 aromatic rings. The number of hydrogen-bond donors (Lipinski definition) is 1. The van der Waals surface area contributed by atoms with E-state index in [1.54, 1.807) is 0 Å². The third kappa shape index (κ3) is 4.26. The normalized spacial score (nSPS) is 32.0. The third-order valence-corrected chi connectivity index (χ3v) is 6.88. The molecule has 0 saturated carbocycles. The minimum Gasteiger partial charge on any atom is -0.357 e. The van der Waals surface area contributed by atoms with Gasteiger partial charge in [0.25, 0.3) is 0 Å². The first kappa shape index (κ1) is 22.3. The van der Waals surface area contributed by atoms with Crippen molar-refractivity contribution in [1.82, 2.24) is 4.90 Å². The summed E-state index contributed by atoms with van der Waals surface area (Å²) in [6.45, 7) is 0.0847. The molecule has 0 aliphatic carbocycles. The molecule has 12 heteroatoms. The number of halogens is 5. The second-order valence-electron chi connectivity index (χ2n) is 8.04. The lowest BCUT2D eigenvalue weighted by Crippen LogP contribution is -2.58. The highest BCUT2D eigenvalue weighted by atomic mass is 32.2. The smallest absolute Gasteiger partial charge is 0.357 e. The van der Waals surface area contributed by atoms with Crippen LogP contribution in [0.5, 0.6) is 0 Å². The Morgan fingerprint density at radius 3 is 2.55 bits per heavy atom. The van der Waals surface area contributed by atoms with Crippen molar-refractivity contribution >= 4 is 15.5 Å². The summed E-state index contributed by atoms with van der Waals surface area (Å²) >= 11 is 0. The molecule has 3 aliphatic rings. The van der Waals surface area contributed by atoms with Crippen LogP contribution in [0.1, 0.15) is 18.1 Å². The third-order valence-electron chi connectivity index (χ3n) is 5.76. The first-order valence-corrected chi connectivity index (χ1v) is 11.4. The summed E-state index contributed by atoms with van der Waals surface area (Å²) in [6.07, 6.45) is -6.24. The van der Waals surface area contributed by atoms with Crippen LogP contribution in [0.3, 0.4) is 0 Å². The molecule has 0 radical (unpaired) electrons. The van der Waals surface area contributed by atoms with E-state index in [9.17, 15) is 30.4 Å². The molecule has 2 N–H and O–H groups in total. The van der Waals surface area contributed by atoms with Crippen molar-refractivity contribution in [3.63, 3.8) is 0 Å². The largest absolute Gasteiger partial charge is 0.416 e. The molecule has 170 valence electrons. The van der Waals surface area contributed by atoms with Crippen molar-refractivity contribution in [2.24, 2.45) is 10.7 Å². The Kier molecular flexibility index (Phi) is 5.48. The molecule has 0 amide bonds. The summed E-state index contributed by atoms with van der Waals surface area (Å²) in [4.78, 5) is 5.59. The van der Waals surface area contributed by atoms with E-state index in [0.717, 1.165) is 24.5 Å². The van der Waals surface area contributed by atoms with Gasteiger partial charge in [-0.1, -0.05) is 0 Å². The molecule has 1 unspecified atom stereocenters. The van der Waals surface area contributed by atoms with Gasteiger partial charge >= 0.3 is 6.18 Å². The quantitative estimate of drug-likeness (QED) is 0.692. The number of nitrogens with zero attached hydrogens (tertiary/aromatic N) is 2. The lowest BCUT2D eigenvalue weighted by atomic mass is 9.89. The fourth-order valence-corrected chi connectivity index (χ4v) is 5.03. The lowest BCUT2D eigenvalue weighted by molar-refractivity contribution is -0.267. The lowest BCUT2D eigenvalue weighted by Gasteiger charge is -2.44. The number of alkyl halides is 3. The fourth-order valence-electron chi connectivity index (χ4n) is 4.30. The SMILES string of the molecule is CS(=O)(=O)C1C=C2CN([C@@H]3C[C@H](N)[C@@H](c4cc(F)ccc4F)O[C@@H]3C(F)(F)F)CC2=N1. The number of benzene rings is 1. The van der Waals surface area contributed by atoms with Crippen LogP contribution >= 0.6 is 0 Å². The second kappa shape index (κ2) is 7.61. The van der Waals surface area contributed by atoms with E-state index in [4.69, 9.17) is 10.5 Å². The van der Waals surface area contributed by atoms with Crippen LogP contribution in [0.25, 0.3) is 0 Å². The monoisotopic (exact) mass is 465 g/mol. The van der Waals surface area contributed by atoms with Gasteiger partial charge in [0.05, 0.1) is 5.71 Å². The summed E-state index contributed by atoms with van der Waals surface area (Å²) in [5.41, 5.74) is 6.67. The van der Waals surface area contributed by atoms with Gasteiger partial charge in [-0.2, -0.15) is 13.2 Å². The number of hydrogen-bond acceptors (Lipinski definition) is 6. The van der Waals surface area contributed by atoms with Gasteiger partial charge in [0.2, 0.25) is 0 Å². The van der Waals surface area contributed by atoms with Gasteiger partial charge in [-0.05, 0) is 36.3 Å². The van der Waals surface area contributed by atoms with E-state index in [0.29, 0.717) is 11.3 Å². The molecular weight excluding hydrogens is 445 g/mol. The van der Waals surface area contributed by atoms with Gasteiger partial charge < -0.3 is 10.5 Å². The van der Waals surface area contributed by atoms with Gasteiger partial charge in [0.15, 0.2) is 21.3 Å². The van der Waals surface area contributed by atoms with Crippen LogP contribution in [0, 0.1) is 11.6 Å². The number of aliphatic imine (C=N–C) groups is 1. The van der Waals surface area contributed by atoms with Crippen molar-refractivity contribution in [3.8, 4) is 0 Å². The average molecular weight is 465 g/mol. The molecule has 3 heterocycles. The summed E-state index contributed by atoms with van der Waals surface area (Å²) in [6, 6.07) is 0.269. The predicted molar refractivity (Wildman–Crippen MR) is 102 cm³/mol. The highest BCUT2D eigenvalue weighted by molar-refractivity contribution is 7.91. The molecule has 2 saturated heterocycles. The Morgan fingerprint density at radius 2 is 1.94 bits per heavy atom. The summed E-state index contributed by atoms with van der Waals surface area (Å²) in [5, 5.41) is -1.02. The Labute approximate surface area is 175 Å². The summed E-state index contributed by atoms with van der Waals surface area (Å²) < 4.78 is 98.0. The molecule has 3 aliphatic heterocycles. The molecule has 31 heavy (non-hydrogen) atoms. The zero-order valence-electron chi connectivity index (χ0n) is 16.3. The van der Waals surface area contributed by atoms with Crippen molar-refractivity contribution in [2.45, 2.75) is 42.3 Å². The van der Waals surface area contributed by atoms with Crippen LogP contribution in [-0.4, -0.2) is 68.1 Å². The molecule has 4 rings (SSSR count). The molecule has 6 nitrogen and oxygen atoms in total. The van der Waals surface area contributed by atoms with E-state index in [1.807, 2.05) is 0 Å². The van der Waals surface area contributed by atoms with Crippen molar-refractivity contribution < 1.29 is 35.1 Å². The van der Waals surface area contributed by atoms with E-state index in [2.05, 4.69) is 4.99 Å². The van der Waals surface area contributed by atoms with Crippen molar-refractivity contribution in [2.75, 3.05) is 19.3 Å². The van der Waals surface area contributed by atoms with Crippen LogP contribution in [0.4, 0.5) is 22.0 Å². The van der Waals surface area contributed by atoms with Crippen LogP contribution in [0.2, 0.25) is 0 Å². The molecule has 0 bridgehead atoms. The number of rotatable bonds is 3. The zero-order valence-corrected chi connectivity index (χ0v) is 17.1. The number of sulfone groups is 1. The Balaban J connectivity index is 1.59. The minimum atomic E-state index is -4.78. The van der Waals surface area contributed by atoms with Gasteiger partial charge in [-0.3, -0.25) is 9.89 Å². The number of likely N-dealkylation sites (tertiary alicyclic amines) is 1. The molecule has 5 atom stereocenters. The standard InChI is InChI=1S/C19H20F5N3O3S/c1-31(28,29)16-4-9-7-27(8-14(9)26-16)15-6-13(25)17(30-18(15)19(22,23)24)11-5-10(20)2-3-12(11)21/h2-5,13,15-18H,6-8,25H2,1H3/t13-,15+,16?,17+,18-/m0/s1. The zero-order chi connectivity index (χ0) is 22.7. The van der Waals surface area contributed by atoms with Crippen LogP contribution in [-0.2, 0) is 14.6 Å². The van der Waals surface area contributed by atoms with Gasteiger partial charge in [0, 0.05) is 37.0 Å². The van der Waals surface area contributed by atoms with E-state index in [-0.39, 0.29) is 25.1 Å². The Bertz CT molecular complexity index is 1030. The average Bonchev–Trinajstić information content (AvgIpc) is 3.21. The maximum absolute atomic E-state index is 14.2. The van der Waals surface area contributed by atoms with Crippen molar-refractivity contribution in [1.29, 1.82) is 0 Å². The maximum atomic E-state index is 14.2. The molecule has 0 spiro atoms. The van der Waals surface area contributed by atoms with Crippen molar-refractivity contribution in [3.05, 3.63) is 47.0 Å². The van der Waals surface area contributed by atoms with Gasteiger partial charge in [-0.15, -0.1) is 0 Å². The summed E-state index contributed by atoms with van der Waals surface area (Å²) in [5.74, 6) is -1.71. The first-order valence-electron chi connectivity index (χ1n) is 9.48. The molecular formula is C19H20F5N3O3S. The highest BCUT2D eigenvalue weighted by Crippen LogP contribution is 2.42. The Morgan fingerprint density at radius 1 is 1.23 bits per heavy atom.